The number of anilines is 2. The summed E-state index contributed by atoms with van der Waals surface area (Å²) in [5.41, 5.74) is 5.79. The van der Waals surface area contributed by atoms with Crippen LogP contribution < -0.4 is 16.0 Å². The molecule has 2 aliphatic rings. The van der Waals surface area contributed by atoms with Crippen molar-refractivity contribution in [1.29, 1.82) is 0 Å². The SMILES string of the molecule is CN(C1CC1)[C@H](CN)C(=O)Nc1ccc(N2CCOCC2=O)cc1C(F)F. The smallest absolute Gasteiger partial charge is 0.265 e. The van der Waals surface area contributed by atoms with Gasteiger partial charge in [0.05, 0.1) is 6.61 Å². The molecule has 1 aliphatic carbocycles. The third-order valence-electron chi connectivity index (χ3n) is 4.97. The Morgan fingerprint density at radius 1 is 1.44 bits per heavy atom. The molecule has 1 aliphatic heterocycles. The molecule has 2 fully saturated rings. The van der Waals surface area contributed by atoms with Crippen LogP contribution in [0.5, 0.6) is 0 Å². The Balaban J connectivity index is 1.80. The molecule has 0 radical (unpaired) electrons. The van der Waals surface area contributed by atoms with Gasteiger partial charge in [-0.1, -0.05) is 0 Å². The zero-order valence-electron chi connectivity index (χ0n) is 15.2. The van der Waals surface area contributed by atoms with Gasteiger partial charge in [0.25, 0.3) is 12.3 Å². The monoisotopic (exact) mass is 382 g/mol. The number of amides is 2. The fraction of sp³-hybridized carbons (Fsp3) is 0.556. The third kappa shape index (κ3) is 4.42. The first-order valence-corrected chi connectivity index (χ1v) is 8.95. The number of nitrogens with zero attached hydrogens (tertiary/aromatic N) is 2. The molecule has 2 amide bonds. The number of carbonyl (C=O) groups is 2. The van der Waals surface area contributed by atoms with E-state index in [-0.39, 0.29) is 30.3 Å². The van der Waals surface area contributed by atoms with Gasteiger partial charge in [0, 0.05) is 36.1 Å². The number of rotatable bonds is 7. The largest absolute Gasteiger partial charge is 0.370 e. The summed E-state index contributed by atoms with van der Waals surface area (Å²) in [5, 5.41) is 2.58. The van der Waals surface area contributed by atoms with Crippen LogP contribution in [-0.2, 0) is 14.3 Å². The highest BCUT2D eigenvalue weighted by Gasteiger charge is 2.34. The molecule has 1 heterocycles. The molecule has 1 saturated heterocycles. The Morgan fingerprint density at radius 2 is 2.19 bits per heavy atom. The average molecular weight is 382 g/mol. The van der Waals surface area contributed by atoms with E-state index in [0.29, 0.717) is 24.9 Å². The average Bonchev–Trinajstić information content (AvgIpc) is 3.48. The number of halogens is 2. The molecule has 1 aromatic rings. The maximum atomic E-state index is 13.6. The summed E-state index contributed by atoms with van der Waals surface area (Å²) < 4.78 is 32.2. The third-order valence-corrected chi connectivity index (χ3v) is 4.97. The van der Waals surface area contributed by atoms with Crippen molar-refractivity contribution < 1.29 is 23.1 Å². The molecule has 3 rings (SSSR count). The maximum absolute atomic E-state index is 13.6. The van der Waals surface area contributed by atoms with E-state index in [1.165, 1.54) is 17.0 Å². The van der Waals surface area contributed by atoms with Crippen LogP contribution in [0.3, 0.4) is 0 Å². The number of hydrogen-bond acceptors (Lipinski definition) is 5. The minimum absolute atomic E-state index is 0.0297. The molecule has 27 heavy (non-hydrogen) atoms. The van der Waals surface area contributed by atoms with E-state index in [1.807, 2.05) is 11.9 Å². The zero-order chi connectivity index (χ0) is 19.6. The first kappa shape index (κ1) is 19.7. The molecule has 148 valence electrons. The molecule has 0 unspecified atom stereocenters. The van der Waals surface area contributed by atoms with Crippen molar-refractivity contribution in [1.82, 2.24) is 4.90 Å². The highest BCUT2D eigenvalue weighted by molar-refractivity contribution is 5.97. The van der Waals surface area contributed by atoms with E-state index in [2.05, 4.69) is 5.32 Å². The van der Waals surface area contributed by atoms with Gasteiger partial charge in [0.1, 0.15) is 12.6 Å². The topological polar surface area (TPSA) is 87.9 Å². The highest BCUT2D eigenvalue weighted by Crippen LogP contribution is 2.32. The summed E-state index contributed by atoms with van der Waals surface area (Å²) in [6.45, 7) is 0.673. The molecule has 3 N–H and O–H groups in total. The quantitative estimate of drug-likeness (QED) is 0.743. The molecule has 1 saturated carbocycles. The summed E-state index contributed by atoms with van der Waals surface area (Å²) >= 11 is 0. The lowest BCUT2D eigenvalue weighted by Gasteiger charge is -2.28. The van der Waals surface area contributed by atoms with Gasteiger partial charge in [0.2, 0.25) is 5.91 Å². The van der Waals surface area contributed by atoms with Crippen molar-refractivity contribution in [3.63, 3.8) is 0 Å². The van der Waals surface area contributed by atoms with Crippen LogP contribution in [0.1, 0.15) is 24.8 Å². The van der Waals surface area contributed by atoms with Gasteiger partial charge in [-0.25, -0.2) is 8.78 Å². The normalized spacial score (nSPS) is 18.9. The second-order valence-electron chi connectivity index (χ2n) is 6.81. The van der Waals surface area contributed by atoms with Crippen LogP contribution in [0.25, 0.3) is 0 Å². The Bertz CT molecular complexity index is 712. The van der Waals surface area contributed by atoms with Gasteiger partial charge in [-0.05, 0) is 38.1 Å². The minimum Gasteiger partial charge on any atom is -0.370 e. The van der Waals surface area contributed by atoms with Crippen molar-refractivity contribution in [3.05, 3.63) is 23.8 Å². The standard InChI is InChI=1S/C18H24F2N4O3/c1-23(11-2-3-11)15(9-21)18(26)22-14-5-4-12(8-13(14)17(19)20)24-6-7-27-10-16(24)25/h4-5,8,11,15,17H,2-3,6-7,9-10,21H2,1H3,(H,22,26)/t15-/m1/s1. The molecule has 0 bridgehead atoms. The van der Waals surface area contributed by atoms with E-state index < -0.39 is 18.4 Å². The van der Waals surface area contributed by atoms with E-state index in [1.54, 1.807) is 6.07 Å². The fourth-order valence-electron chi connectivity index (χ4n) is 3.21. The van der Waals surface area contributed by atoms with Crippen LogP contribution in [-0.4, -0.2) is 62.1 Å². The number of carbonyl (C=O) groups excluding carboxylic acids is 2. The summed E-state index contributed by atoms with van der Waals surface area (Å²) in [7, 11) is 1.82. The van der Waals surface area contributed by atoms with Crippen molar-refractivity contribution in [2.45, 2.75) is 31.4 Å². The van der Waals surface area contributed by atoms with E-state index in [0.717, 1.165) is 12.8 Å². The molecular weight excluding hydrogens is 358 g/mol. The first-order valence-electron chi connectivity index (χ1n) is 8.95. The van der Waals surface area contributed by atoms with Gasteiger partial charge in [0.15, 0.2) is 0 Å². The van der Waals surface area contributed by atoms with Crippen LogP contribution in [0.4, 0.5) is 20.2 Å². The predicted octanol–water partition coefficient (Wildman–Crippen LogP) is 1.35. The minimum atomic E-state index is -2.80. The highest BCUT2D eigenvalue weighted by atomic mass is 19.3. The number of nitrogens with two attached hydrogens (primary N) is 1. The summed E-state index contributed by atoms with van der Waals surface area (Å²) in [5.74, 6) is -0.698. The molecule has 0 aromatic heterocycles. The van der Waals surface area contributed by atoms with Crippen LogP contribution in [0, 0.1) is 0 Å². The number of benzene rings is 1. The Hall–Kier alpha value is -2.10. The number of nitrogens with one attached hydrogen (secondary N) is 1. The van der Waals surface area contributed by atoms with Crippen LogP contribution in [0.2, 0.25) is 0 Å². The molecule has 7 nitrogen and oxygen atoms in total. The van der Waals surface area contributed by atoms with Crippen molar-refractivity contribution in [2.24, 2.45) is 5.73 Å². The number of likely N-dealkylation sites (N-methyl/N-ethyl adjacent to an activating group) is 1. The van der Waals surface area contributed by atoms with Gasteiger partial charge < -0.3 is 20.7 Å². The maximum Gasteiger partial charge on any atom is 0.265 e. The van der Waals surface area contributed by atoms with Gasteiger partial charge in [-0.2, -0.15) is 0 Å². The van der Waals surface area contributed by atoms with E-state index in [4.69, 9.17) is 10.5 Å². The molecule has 1 aromatic carbocycles. The lowest BCUT2D eigenvalue weighted by Crippen LogP contribution is -2.47. The lowest BCUT2D eigenvalue weighted by molar-refractivity contribution is -0.125. The summed E-state index contributed by atoms with van der Waals surface area (Å²) in [6.07, 6.45) is -0.788. The van der Waals surface area contributed by atoms with Crippen molar-refractivity contribution >= 4 is 23.2 Å². The predicted molar refractivity (Wildman–Crippen MR) is 96.8 cm³/mol. The van der Waals surface area contributed by atoms with E-state index >= 15 is 0 Å². The molecule has 1 atom stereocenters. The van der Waals surface area contributed by atoms with E-state index in [9.17, 15) is 18.4 Å². The Labute approximate surface area is 156 Å². The number of ether oxygens (including phenoxy) is 1. The first-order chi connectivity index (χ1) is 12.9. The number of alkyl halides is 2. The molecule has 9 heteroatoms. The lowest BCUT2D eigenvalue weighted by atomic mass is 10.1. The molecule has 0 spiro atoms. The Kier molecular flexibility index (Phi) is 6.03. The number of hydrogen-bond donors (Lipinski definition) is 2. The zero-order valence-corrected chi connectivity index (χ0v) is 15.2. The van der Waals surface area contributed by atoms with Crippen molar-refractivity contribution in [2.75, 3.05) is 43.6 Å². The van der Waals surface area contributed by atoms with Gasteiger partial charge >= 0.3 is 0 Å². The number of morpholine rings is 1. The fourth-order valence-corrected chi connectivity index (χ4v) is 3.21. The summed E-state index contributed by atoms with van der Waals surface area (Å²) in [6, 6.07) is 3.93. The van der Waals surface area contributed by atoms with Crippen LogP contribution in [0.15, 0.2) is 18.2 Å². The van der Waals surface area contributed by atoms with Crippen molar-refractivity contribution in [3.8, 4) is 0 Å². The summed E-state index contributed by atoms with van der Waals surface area (Å²) in [4.78, 5) is 27.8. The van der Waals surface area contributed by atoms with Gasteiger partial charge in [-0.15, -0.1) is 0 Å². The second kappa shape index (κ2) is 8.28. The Morgan fingerprint density at radius 3 is 2.78 bits per heavy atom. The molecular formula is C18H24F2N4O3. The van der Waals surface area contributed by atoms with Gasteiger partial charge in [-0.3, -0.25) is 14.5 Å². The van der Waals surface area contributed by atoms with Crippen LogP contribution >= 0.6 is 0 Å². The second-order valence-corrected chi connectivity index (χ2v) is 6.81.